The second kappa shape index (κ2) is 7.29. The molecule has 0 unspecified atom stereocenters. The Hall–Kier alpha value is -2.96. The van der Waals surface area contributed by atoms with Gasteiger partial charge in [0.05, 0.1) is 0 Å². The van der Waals surface area contributed by atoms with Crippen molar-refractivity contribution in [2.24, 2.45) is 0 Å². The predicted octanol–water partition coefficient (Wildman–Crippen LogP) is 1.83. The van der Waals surface area contributed by atoms with Gasteiger partial charge >= 0.3 is 0 Å². The van der Waals surface area contributed by atoms with Crippen LogP contribution < -0.4 is 5.32 Å². The zero-order chi connectivity index (χ0) is 17.8. The number of aromatic nitrogens is 2. The number of piperazine rings is 1. The minimum Gasteiger partial charge on any atom is -0.339 e. The van der Waals surface area contributed by atoms with Crippen LogP contribution in [0.3, 0.4) is 0 Å². The molecule has 2 heterocycles. The molecule has 1 aromatic heterocycles. The second-order valence-corrected chi connectivity index (χ2v) is 6.05. The molecule has 1 fully saturated rings. The number of anilines is 2. The minimum absolute atomic E-state index is 0.0405. The zero-order valence-electron chi connectivity index (χ0n) is 14.4. The summed E-state index contributed by atoms with van der Waals surface area (Å²) in [5.74, 6) is 0.286. The Morgan fingerprint density at radius 2 is 1.64 bits per heavy atom. The van der Waals surface area contributed by atoms with Crippen LogP contribution in [0.4, 0.5) is 11.6 Å². The monoisotopic (exact) mass is 339 g/mol. The van der Waals surface area contributed by atoms with Crippen molar-refractivity contribution >= 4 is 23.5 Å². The number of aryl methyl sites for hydroxylation is 1. The highest BCUT2D eigenvalue weighted by Gasteiger charge is 2.24. The lowest BCUT2D eigenvalue weighted by atomic mass is 10.2. The smallest absolute Gasteiger partial charge is 0.272 e. The van der Waals surface area contributed by atoms with Gasteiger partial charge in [-0.25, -0.2) is 9.97 Å². The van der Waals surface area contributed by atoms with Crippen LogP contribution in [0.15, 0.2) is 36.5 Å². The van der Waals surface area contributed by atoms with Gasteiger partial charge in [-0.3, -0.25) is 9.59 Å². The van der Waals surface area contributed by atoms with Gasteiger partial charge < -0.3 is 15.1 Å². The molecule has 3 rings (SSSR count). The van der Waals surface area contributed by atoms with Crippen molar-refractivity contribution in [1.82, 2.24) is 19.8 Å². The van der Waals surface area contributed by atoms with Gasteiger partial charge in [-0.05, 0) is 25.1 Å². The molecule has 7 nitrogen and oxygen atoms in total. The molecule has 0 bridgehead atoms. The average molecular weight is 339 g/mol. The van der Waals surface area contributed by atoms with Crippen molar-refractivity contribution in [3.8, 4) is 0 Å². The summed E-state index contributed by atoms with van der Waals surface area (Å²) < 4.78 is 0. The van der Waals surface area contributed by atoms with E-state index in [1.54, 1.807) is 29.0 Å². The minimum atomic E-state index is -0.141. The molecule has 1 aromatic carbocycles. The van der Waals surface area contributed by atoms with Crippen molar-refractivity contribution in [2.45, 2.75) is 13.8 Å². The summed E-state index contributed by atoms with van der Waals surface area (Å²) in [4.78, 5) is 36.0. The second-order valence-electron chi connectivity index (χ2n) is 6.05. The van der Waals surface area contributed by atoms with E-state index in [0.717, 1.165) is 5.69 Å². The largest absolute Gasteiger partial charge is 0.339 e. The molecular weight excluding hydrogens is 318 g/mol. The van der Waals surface area contributed by atoms with E-state index < -0.39 is 0 Å². The molecule has 2 aromatic rings. The zero-order valence-corrected chi connectivity index (χ0v) is 14.4. The Labute approximate surface area is 146 Å². The van der Waals surface area contributed by atoms with Crippen molar-refractivity contribution < 1.29 is 9.59 Å². The van der Waals surface area contributed by atoms with Gasteiger partial charge in [-0.2, -0.15) is 0 Å². The average Bonchev–Trinajstić information content (AvgIpc) is 2.63. The number of hydrogen-bond acceptors (Lipinski definition) is 5. The summed E-state index contributed by atoms with van der Waals surface area (Å²) in [6.07, 6.45) is 1.57. The van der Waals surface area contributed by atoms with E-state index in [-0.39, 0.29) is 11.8 Å². The first-order valence-electron chi connectivity index (χ1n) is 8.24. The van der Waals surface area contributed by atoms with Gasteiger partial charge in [0.1, 0.15) is 5.69 Å². The SMILES string of the molecule is CC(=O)N1CCN(C(=O)c2ccnc(Nc3ccc(C)cc3)n2)CC1. The summed E-state index contributed by atoms with van der Waals surface area (Å²) in [6, 6.07) is 9.47. The van der Waals surface area contributed by atoms with Gasteiger partial charge in [-0.1, -0.05) is 17.7 Å². The summed E-state index contributed by atoms with van der Waals surface area (Å²) >= 11 is 0. The molecule has 0 atom stereocenters. The predicted molar refractivity (Wildman–Crippen MR) is 94.7 cm³/mol. The molecule has 1 aliphatic rings. The molecule has 1 aliphatic heterocycles. The van der Waals surface area contributed by atoms with Crippen LogP contribution in [0, 0.1) is 6.92 Å². The lowest BCUT2D eigenvalue weighted by Gasteiger charge is -2.34. The van der Waals surface area contributed by atoms with Crippen LogP contribution in [0.1, 0.15) is 23.0 Å². The van der Waals surface area contributed by atoms with E-state index in [9.17, 15) is 9.59 Å². The van der Waals surface area contributed by atoms with Gasteiger partial charge in [-0.15, -0.1) is 0 Å². The molecule has 1 N–H and O–H groups in total. The van der Waals surface area contributed by atoms with E-state index in [0.29, 0.717) is 37.8 Å². The number of carbonyl (C=O) groups is 2. The van der Waals surface area contributed by atoms with Gasteiger partial charge in [0, 0.05) is 45.0 Å². The molecule has 7 heteroatoms. The number of rotatable bonds is 3. The van der Waals surface area contributed by atoms with Gasteiger partial charge in [0.2, 0.25) is 11.9 Å². The Balaban J connectivity index is 1.67. The molecule has 0 spiro atoms. The van der Waals surface area contributed by atoms with Crippen molar-refractivity contribution in [1.29, 1.82) is 0 Å². The molecular formula is C18H21N5O2. The lowest BCUT2D eigenvalue weighted by Crippen LogP contribution is -2.50. The molecule has 130 valence electrons. The van der Waals surface area contributed by atoms with Crippen molar-refractivity contribution in [3.63, 3.8) is 0 Å². The number of amides is 2. The first kappa shape index (κ1) is 16.9. The van der Waals surface area contributed by atoms with Crippen molar-refractivity contribution in [3.05, 3.63) is 47.8 Å². The maximum Gasteiger partial charge on any atom is 0.272 e. The first-order chi connectivity index (χ1) is 12.0. The number of nitrogens with one attached hydrogen (secondary N) is 1. The summed E-state index contributed by atoms with van der Waals surface area (Å²) in [5.41, 5.74) is 2.38. The Kier molecular flexibility index (Phi) is 4.92. The van der Waals surface area contributed by atoms with E-state index >= 15 is 0 Å². The molecule has 0 radical (unpaired) electrons. The van der Waals surface area contributed by atoms with Gasteiger partial charge in [0.25, 0.3) is 5.91 Å². The highest BCUT2D eigenvalue weighted by atomic mass is 16.2. The van der Waals surface area contributed by atoms with Crippen LogP contribution >= 0.6 is 0 Å². The number of nitrogens with zero attached hydrogens (tertiary/aromatic N) is 4. The Bertz CT molecular complexity index is 767. The third-order valence-electron chi connectivity index (χ3n) is 4.19. The molecule has 2 amide bonds. The third-order valence-corrected chi connectivity index (χ3v) is 4.19. The fraction of sp³-hybridized carbons (Fsp3) is 0.333. The summed E-state index contributed by atoms with van der Waals surface area (Å²) in [7, 11) is 0. The Morgan fingerprint density at radius 1 is 1.00 bits per heavy atom. The van der Waals surface area contributed by atoms with Crippen LogP contribution in [-0.2, 0) is 4.79 Å². The summed E-state index contributed by atoms with van der Waals surface area (Å²) in [6.45, 7) is 5.71. The maximum atomic E-state index is 12.6. The van der Waals surface area contributed by atoms with Crippen LogP contribution in [0.2, 0.25) is 0 Å². The van der Waals surface area contributed by atoms with Crippen LogP contribution in [0.25, 0.3) is 0 Å². The number of carbonyl (C=O) groups excluding carboxylic acids is 2. The van der Waals surface area contributed by atoms with Gasteiger partial charge in [0.15, 0.2) is 0 Å². The highest BCUT2D eigenvalue weighted by Crippen LogP contribution is 2.14. The molecule has 0 aliphatic carbocycles. The van der Waals surface area contributed by atoms with E-state index in [1.807, 2.05) is 31.2 Å². The van der Waals surface area contributed by atoms with E-state index in [4.69, 9.17) is 0 Å². The summed E-state index contributed by atoms with van der Waals surface area (Å²) in [5, 5.41) is 3.11. The molecule has 25 heavy (non-hydrogen) atoms. The topological polar surface area (TPSA) is 78.4 Å². The van der Waals surface area contributed by atoms with Crippen molar-refractivity contribution in [2.75, 3.05) is 31.5 Å². The molecule has 0 saturated carbocycles. The van der Waals surface area contributed by atoms with E-state index in [1.165, 1.54) is 5.56 Å². The lowest BCUT2D eigenvalue weighted by molar-refractivity contribution is -0.130. The highest BCUT2D eigenvalue weighted by molar-refractivity contribution is 5.92. The number of hydrogen-bond donors (Lipinski definition) is 1. The van der Waals surface area contributed by atoms with Crippen LogP contribution in [0.5, 0.6) is 0 Å². The quantitative estimate of drug-likeness (QED) is 0.923. The number of benzene rings is 1. The van der Waals surface area contributed by atoms with E-state index in [2.05, 4.69) is 15.3 Å². The fourth-order valence-corrected chi connectivity index (χ4v) is 2.69. The first-order valence-corrected chi connectivity index (χ1v) is 8.24. The maximum absolute atomic E-state index is 12.6. The third kappa shape index (κ3) is 4.12. The fourth-order valence-electron chi connectivity index (χ4n) is 2.69. The van der Waals surface area contributed by atoms with Crippen LogP contribution in [-0.4, -0.2) is 57.8 Å². The Morgan fingerprint density at radius 3 is 2.28 bits per heavy atom. The molecule has 1 saturated heterocycles. The standard InChI is InChI=1S/C18H21N5O2/c1-13-3-5-15(6-4-13)20-18-19-8-7-16(21-18)17(25)23-11-9-22(10-12-23)14(2)24/h3-8H,9-12H2,1-2H3,(H,19,20,21). The normalized spacial score (nSPS) is 14.3.